The standard InChI is InChI=1S/C24H34N2O4S/c1-19(2)24-13-14-25(24)15-16-31(27,28)26(17-20-5-9-22(29-3)10-6-20)18-21-7-11-23(30-4)12-8-21/h5-12,19,24H,13-18H2,1-4H3. The first-order valence-electron chi connectivity index (χ1n) is 10.8. The van der Waals surface area contributed by atoms with E-state index < -0.39 is 10.0 Å². The molecule has 3 rings (SSSR count). The normalized spacial score (nSPS) is 17.0. The maximum Gasteiger partial charge on any atom is 0.215 e. The Bertz CT molecular complexity index is 878. The number of benzene rings is 2. The minimum Gasteiger partial charge on any atom is -0.497 e. The lowest BCUT2D eigenvalue weighted by molar-refractivity contribution is 0.0628. The molecule has 1 unspecified atom stereocenters. The molecule has 0 saturated carbocycles. The monoisotopic (exact) mass is 446 g/mol. The number of methoxy groups -OCH3 is 2. The van der Waals surface area contributed by atoms with Crippen molar-refractivity contribution in [3.8, 4) is 11.5 Å². The highest BCUT2D eigenvalue weighted by Crippen LogP contribution is 2.25. The molecule has 0 aliphatic carbocycles. The molecule has 1 fully saturated rings. The molecule has 2 aromatic rings. The van der Waals surface area contributed by atoms with Gasteiger partial charge >= 0.3 is 0 Å². The van der Waals surface area contributed by atoms with Gasteiger partial charge in [0.25, 0.3) is 0 Å². The van der Waals surface area contributed by atoms with E-state index in [1.165, 1.54) is 0 Å². The van der Waals surface area contributed by atoms with E-state index in [0.717, 1.165) is 35.6 Å². The topological polar surface area (TPSA) is 59.1 Å². The fraction of sp³-hybridized carbons (Fsp3) is 0.500. The molecule has 1 aliphatic rings. The van der Waals surface area contributed by atoms with Crippen LogP contribution in [-0.2, 0) is 23.1 Å². The van der Waals surface area contributed by atoms with Gasteiger partial charge in [-0.2, -0.15) is 4.31 Å². The highest BCUT2D eigenvalue weighted by Gasteiger charge is 2.32. The summed E-state index contributed by atoms with van der Waals surface area (Å²) < 4.78 is 38.7. The summed E-state index contributed by atoms with van der Waals surface area (Å²) in [6.45, 7) is 6.61. The van der Waals surface area contributed by atoms with Gasteiger partial charge in [-0.1, -0.05) is 38.1 Å². The largest absolute Gasteiger partial charge is 0.497 e. The Morgan fingerprint density at radius 2 is 1.42 bits per heavy atom. The van der Waals surface area contributed by atoms with Gasteiger partial charge in [-0.15, -0.1) is 0 Å². The molecular weight excluding hydrogens is 412 g/mol. The summed E-state index contributed by atoms with van der Waals surface area (Å²) in [6.07, 6.45) is 1.15. The number of ether oxygens (including phenoxy) is 2. The minimum atomic E-state index is -3.44. The summed E-state index contributed by atoms with van der Waals surface area (Å²) in [5.74, 6) is 2.19. The second-order valence-corrected chi connectivity index (χ2v) is 10.5. The summed E-state index contributed by atoms with van der Waals surface area (Å²) >= 11 is 0. The summed E-state index contributed by atoms with van der Waals surface area (Å²) in [5.41, 5.74) is 1.86. The number of hydrogen-bond donors (Lipinski definition) is 0. The lowest BCUT2D eigenvalue weighted by atomic mass is 9.92. The van der Waals surface area contributed by atoms with Crippen LogP contribution in [0.4, 0.5) is 0 Å². The van der Waals surface area contributed by atoms with Crippen molar-refractivity contribution < 1.29 is 17.9 Å². The third-order valence-corrected chi connectivity index (χ3v) is 7.76. The van der Waals surface area contributed by atoms with E-state index in [4.69, 9.17) is 9.47 Å². The van der Waals surface area contributed by atoms with Crippen molar-refractivity contribution in [1.29, 1.82) is 0 Å². The third kappa shape index (κ3) is 6.21. The van der Waals surface area contributed by atoms with Crippen LogP contribution in [0.2, 0.25) is 0 Å². The van der Waals surface area contributed by atoms with Crippen LogP contribution in [0.3, 0.4) is 0 Å². The Morgan fingerprint density at radius 1 is 0.935 bits per heavy atom. The van der Waals surface area contributed by atoms with Crippen molar-refractivity contribution >= 4 is 10.0 Å². The summed E-state index contributed by atoms with van der Waals surface area (Å²) in [7, 11) is -0.200. The summed E-state index contributed by atoms with van der Waals surface area (Å²) in [6, 6.07) is 15.6. The van der Waals surface area contributed by atoms with Gasteiger partial charge in [-0.25, -0.2) is 8.42 Å². The molecule has 0 radical (unpaired) electrons. The number of nitrogens with zero attached hydrogens (tertiary/aromatic N) is 2. The number of rotatable bonds is 11. The zero-order valence-corrected chi connectivity index (χ0v) is 19.8. The van der Waals surface area contributed by atoms with E-state index in [1.807, 2.05) is 48.5 Å². The lowest BCUT2D eigenvalue weighted by Crippen LogP contribution is -2.52. The van der Waals surface area contributed by atoms with Crippen molar-refractivity contribution in [2.45, 2.75) is 39.4 Å². The number of hydrogen-bond acceptors (Lipinski definition) is 5. The third-order valence-electron chi connectivity index (χ3n) is 6.02. The lowest BCUT2D eigenvalue weighted by Gasteiger charge is -2.43. The predicted octanol–water partition coefficient (Wildman–Crippen LogP) is 3.77. The molecule has 7 heteroatoms. The van der Waals surface area contributed by atoms with Crippen molar-refractivity contribution in [3.63, 3.8) is 0 Å². The molecule has 31 heavy (non-hydrogen) atoms. The first-order chi connectivity index (χ1) is 14.8. The average Bonchev–Trinajstić information content (AvgIpc) is 2.73. The van der Waals surface area contributed by atoms with Crippen LogP contribution in [0, 0.1) is 5.92 Å². The van der Waals surface area contributed by atoms with Crippen LogP contribution in [-0.4, -0.2) is 56.7 Å². The van der Waals surface area contributed by atoms with Gasteiger partial charge in [0.2, 0.25) is 10.0 Å². The first-order valence-corrected chi connectivity index (χ1v) is 12.4. The molecule has 2 aromatic carbocycles. The molecule has 170 valence electrons. The van der Waals surface area contributed by atoms with Crippen LogP contribution in [0.1, 0.15) is 31.4 Å². The molecule has 6 nitrogen and oxygen atoms in total. The molecule has 1 aliphatic heterocycles. The average molecular weight is 447 g/mol. The predicted molar refractivity (Wildman–Crippen MR) is 124 cm³/mol. The van der Waals surface area contributed by atoms with Crippen LogP contribution in [0.15, 0.2) is 48.5 Å². The van der Waals surface area contributed by atoms with Crippen LogP contribution < -0.4 is 9.47 Å². The smallest absolute Gasteiger partial charge is 0.215 e. The zero-order chi connectivity index (χ0) is 22.4. The van der Waals surface area contributed by atoms with Gasteiger partial charge in [0.15, 0.2) is 0 Å². The van der Waals surface area contributed by atoms with E-state index in [1.54, 1.807) is 18.5 Å². The Kier molecular flexibility index (Phi) is 7.97. The fourth-order valence-corrected chi connectivity index (χ4v) is 5.39. The van der Waals surface area contributed by atoms with Crippen LogP contribution >= 0.6 is 0 Å². The number of likely N-dealkylation sites (tertiary alicyclic amines) is 1. The molecule has 0 bridgehead atoms. The second-order valence-electron chi connectivity index (χ2n) is 8.42. The Morgan fingerprint density at radius 3 is 1.77 bits per heavy atom. The van der Waals surface area contributed by atoms with E-state index in [-0.39, 0.29) is 5.75 Å². The maximum absolute atomic E-state index is 13.4. The zero-order valence-electron chi connectivity index (χ0n) is 19.0. The van der Waals surface area contributed by atoms with Crippen molar-refractivity contribution in [2.24, 2.45) is 5.92 Å². The maximum atomic E-state index is 13.4. The molecule has 0 aromatic heterocycles. The molecular formula is C24H34N2O4S. The number of sulfonamides is 1. The Balaban J connectivity index is 1.75. The summed E-state index contributed by atoms with van der Waals surface area (Å²) in [4.78, 5) is 2.29. The Hall–Kier alpha value is -2.09. The minimum absolute atomic E-state index is 0.128. The molecule has 0 spiro atoms. The van der Waals surface area contributed by atoms with Gasteiger partial charge in [-0.05, 0) is 54.3 Å². The SMILES string of the molecule is COc1ccc(CN(Cc2ccc(OC)cc2)S(=O)(=O)CCN2CCC2C(C)C)cc1. The van der Waals surface area contributed by atoms with Gasteiger partial charge < -0.3 is 9.47 Å². The van der Waals surface area contributed by atoms with E-state index in [2.05, 4.69) is 18.7 Å². The van der Waals surface area contributed by atoms with Gasteiger partial charge in [0, 0.05) is 25.7 Å². The quantitative estimate of drug-likeness (QED) is 0.526. The summed E-state index contributed by atoms with van der Waals surface area (Å²) in [5, 5.41) is 0. The van der Waals surface area contributed by atoms with Crippen molar-refractivity contribution in [2.75, 3.05) is 33.1 Å². The van der Waals surface area contributed by atoms with Crippen molar-refractivity contribution in [1.82, 2.24) is 9.21 Å². The van der Waals surface area contributed by atoms with Crippen molar-refractivity contribution in [3.05, 3.63) is 59.7 Å². The van der Waals surface area contributed by atoms with E-state index in [9.17, 15) is 8.42 Å². The van der Waals surface area contributed by atoms with Crippen LogP contribution in [0.25, 0.3) is 0 Å². The second kappa shape index (κ2) is 10.5. The first kappa shape index (κ1) is 23.6. The van der Waals surface area contributed by atoms with E-state index >= 15 is 0 Å². The van der Waals surface area contributed by atoms with Gasteiger partial charge in [-0.3, -0.25) is 4.90 Å². The molecule has 1 heterocycles. The fourth-order valence-electron chi connectivity index (χ4n) is 3.98. The van der Waals surface area contributed by atoms with Crippen LogP contribution in [0.5, 0.6) is 11.5 Å². The van der Waals surface area contributed by atoms with E-state index in [0.29, 0.717) is 31.6 Å². The van der Waals surface area contributed by atoms with Gasteiger partial charge in [0.1, 0.15) is 11.5 Å². The molecule has 1 saturated heterocycles. The Labute approximate surface area is 186 Å². The highest BCUT2D eigenvalue weighted by molar-refractivity contribution is 7.89. The molecule has 0 amide bonds. The highest BCUT2D eigenvalue weighted by atomic mass is 32.2. The van der Waals surface area contributed by atoms with Gasteiger partial charge in [0.05, 0.1) is 20.0 Å². The molecule has 1 atom stereocenters. The molecule has 0 N–H and O–H groups in total.